The third-order valence-electron chi connectivity index (χ3n) is 3.73. The van der Waals surface area contributed by atoms with E-state index in [1.54, 1.807) is 18.5 Å². The van der Waals surface area contributed by atoms with Gasteiger partial charge in [0.15, 0.2) is 11.6 Å². The summed E-state index contributed by atoms with van der Waals surface area (Å²) in [7, 11) is 3.87. The maximum Gasteiger partial charge on any atom is 0.270 e. The first-order chi connectivity index (χ1) is 10.6. The molecule has 2 aromatic heterocycles. The lowest BCUT2D eigenvalue weighted by Gasteiger charge is -2.20. The molecule has 0 unspecified atom stereocenters. The number of carbonyl (C=O) groups excluding carboxylic acids is 1. The van der Waals surface area contributed by atoms with Gasteiger partial charge in [0, 0.05) is 39.5 Å². The van der Waals surface area contributed by atoms with Crippen molar-refractivity contribution in [2.75, 3.05) is 32.1 Å². The number of ether oxygens (including phenoxy) is 1. The molecule has 1 fully saturated rings. The first-order valence-corrected chi connectivity index (χ1v) is 7.37. The molecule has 0 saturated carbocycles. The molecule has 1 aliphatic heterocycles. The number of nitrogens with one attached hydrogen (secondary N) is 1. The Bertz CT molecular complexity index is 639. The van der Waals surface area contributed by atoms with Gasteiger partial charge in [0.2, 0.25) is 0 Å². The van der Waals surface area contributed by atoms with E-state index in [0.29, 0.717) is 18.8 Å². The van der Waals surface area contributed by atoms with Gasteiger partial charge in [0.1, 0.15) is 11.8 Å². The Hall–Kier alpha value is -2.50. The minimum atomic E-state index is 0.00168. The van der Waals surface area contributed by atoms with Gasteiger partial charge in [-0.1, -0.05) is 0 Å². The number of likely N-dealkylation sites (tertiary alicyclic amines) is 1. The molecule has 0 bridgehead atoms. The van der Waals surface area contributed by atoms with Crippen molar-refractivity contribution in [1.82, 2.24) is 14.9 Å². The van der Waals surface area contributed by atoms with E-state index in [-0.39, 0.29) is 12.0 Å². The number of anilines is 1. The number of hydrogen-bond donors (Lipinski definition) is 1. The third kappa shape index (κ3) is 2.90. The van der Waals surface area contributed by atoms with E-state index in [1.807, 2.05) is 42.1 Å². The number of hydrogen-bond acceptors (Lipinski definition) is 4. The van der Waals surface area contributed by atoms with Gasteiger partial charge in [-0.25, -0.2) is 4.98 Å². The molecule has 0 radical (unpaired) electrons. The summed E-state index contributed by atoms with van der Waals surface area (Å²) in [5.74, 6) is 1.58. The van der Waals surface area contributed by atoms with Crippen LogP contribution in [0.4, 0.5) is 5.82 Å². The van der Waals surface area contributed by atoms with E-state index in [0.717, 1.165) is 18.0 Å². The second-order valence-corrected chi connectivity index (χ2v) is 5.58. The highest BCUT2D eigenvalue weighted by atomic mass is 16.5. The summed E-state index contributed by atoms with van der Waals surface area (Å²) < 4.78 is 6.06. The van der Waals surface area contributed by atoms with Gasteiger partial charge < -0.3 is 19.5 Å². The molecule has 0 aliphatic carbocycles. The first-order valence-electron chi connectivity index (χ1n) is 7.37. The fraction of sp³-hybridized carbons (Fsp3) is 0.375. The van der Waals surface area contributed by atoms with Crippen molar-refractivity contribution in [3.05, 3.63) is 42.4 Å². The van der Waals surface area contributed by atoms with E-state index in [4.69, 9.17) is 4.74 Å². The normalized spacial score (nSPS) is 17.5. The van der Waals surface area contributed by atoms with Crippen LogP contribution in [0.15, 0.2) is 36.7 Å². The van der Waals surface area contributed by atoms with Crippen LogP contribution >= 0.6 is 0 Å². The number of H-pyrrole nitrogens is 1. The lowest BCUT2D eigenvalue weighted by Crippen LogP contribution is -2.31. The smallest absolute Gasteiger partial charge is 0.270 e. The largest absolute Gasteiger partial charge is 0.485 e. The van der Waals surface area contributed by atoms with Crippen LogP contribution in [-0.4, -0.2) is 54.1 Å². The van der Waals surface area contributed by atoms with Gasteiger partial charge >= 0.3 is 0 Å². The van der Waals surface area contributed by atoms with Crippen LogP contribution < -0.4 is 9.64 Å². The Morgan fingerprint density at radius 1 is 1.41 bits per heavy atom. The molecule has 3 heterocycles. The molecule has 1 atom stereocenters. The van der Waals surface area contributed by atoms with E-state index in [1.165, 1.54) is 0 Å². The van der Waals surface area contributed by atoms with Crippen LogP contribution in [0.1, 0.15) is 16.9 Å². The Labute approximate surface area is 129 Å². The summed E-state index contributed by atoms with van der Waals surface area (Å²) in [6, 6.07) is 7.40. The standard InChI is InChI=1S/C16H20N4O2/c1-19(2)15-14(6-4-9-18-15)22-12-7-10-20(11-12)16(21)13-5-3-8-17-13/h3-6,8-9,12,17H,7,10-11H2,1-2H3/t12-/m0/s1. The number of pyridine rings is 1. The predicted octanol–water partition coefficient (Wildman–Crippen LogP) is 1.77. The lowest BCUT2D eigenvalue weighted by atomic mass is 10.3. The van der Waals surface area contributed by atoms with Crippen LogP contribution in [0.5, 0.6) is 5.75 Å². The quantitative estimate of drug-likeness (QED) is 0.935. The van der Waals surface area contributed by atoms with Gasteiger partial charge in [-0.05, 0) is 24.3 Å². The van der Waals surface area contributed by atoms with E-state index in [2.05, 4.69) is 9.97 Å². The third-order valence-corrected chi connectivity index (χ3v) is 3.73. The molecule has 3 rings (SSSR count). The van der Waals surface area contributed by atoms with Crippen molar-refractivity contribution in [2.24, 2.45) is 0 Å². The van der Waals surface area contributed by atoms with Crippen molar-refractivity contribution in [1.29, 1.82) is 0 Å². The molecular formula is C16H20N4O2. The second-order valence-electron chi connectivity index (χ2n) is 5.58. The van der Waals surface area contributed by atoms with E-state index >= 15 is 0 Å². The molecule has 2 aromatic rings. The van der Waals surface area contributed by atoms with Crippen LogP contribution in [0.25, 0.3) is 0 Å². The summed E-state index contributed by atoms with van der Waals surface area (Å²) in [6.07, 6.45) is 4.34. The molecular weight excluding hydrogens is 280 g/mol. The number of aromatic amines is 1. The SMILES string of the molecule is CN(C)c1ncccc1O[C@H]1CCN(C(=O)c2ccc[nH]2)C1. The fourth-order valence-corrected chi connectivity index (χ4v) is 2.63. The predicted molar refractivity (Wildman–Crippen MR) is 84.3 cm³/mol. The van der Waals surface area contributed by atoms with Crippen LogP contribution in [0.3, 0.4) is 0 Å². The van der Waals surface area contributed by atoms with Crippen molar-refractivity contribution >= 4 is 11.7 Å². The molecule has 6 heteroatoms. The molecule has 116 valence electrons. The summed E-state index contributed by atoms with van der Waals surface area (Å²) in [4.78, 5) is 23.3. The molecule has 1 saturated heterocycles. The Balaban J connectivity index is 1.65. The maximum absolute atomic E-state index is 12.3. The van der Waals surface area contributed by atoms with Crippen molar-refractivity contribution < 1.29 is 9.53 Å². The van der Waals surface area contributed by atoms with E-state index in [9.17, 15) is 4.79 Å². The molecule has 22 heavy (non-hydrogen) atoms. The second kappa shape index (κ2) is 6.09. The first kappa shape index (κ1) is 14.4. The van der Waals surface area contributed by atoms with Gasteiger partial charge in [-0.15, -0.1) is 0 Å². The number of carbonyl (C=O) groups is 1. The van der Waals surface area contributed by atoms with Crippen LogP contribution in [-0.2, 0) is 0 Å². The zero-order valence-electron chi connectivity index (χ0n) is 12.8. The molecule has 1 N–H and O–H groups in total. The topological polar surface area (TPSA) is 61.5 Å². The average Bonchev–Trinajstić information content (AvgIpc) is 3.18. The average molecular weight is 300 g/mol. The molecule has 1 aliphatic rings. The number of amides is 1. The Kier molecular flexibility index (Phi) is 4.00. The summed E-state index contributed by atoms with van der Waals surface area (Å²) in [5.41, 5.74) is 0.621. The van der Waals surface area contributed by atoms with Gasteiger partial charge in [-0.3, -0.25) is 4.79 Å². The monoisotopic (exact) mass is 300 g/mol. The van der Waals surface area contributed by atoms with Crippen LogP contribution in [0, 0.1) is 0 Å². The maximum atomic E-state index is 12.3. The van der Waals surface area contributed by atoms with Crippen molar-refractivity contribution in [3.8, 4) is 5.75 Å². The molecule has 0 spiro atoms. The number of nitrogens with zero attached hydrogens (tertiary/aromatic N) is 3. The number of aromatic nitrogens is 2. The van der Waals surface area contributed by atoms with Crippen molar-refractivity contribution in [2.45, 2.75) is 12.5 Å². The van der Waals surface area contributed by atoms with Gasteiger partial charge in [0.25, 0.3) is 5.91 Å². The van der Waals surface area contributed by atoms with Crippen LogP contribution in [0.2, 0.25) is 0 Å². The minimum absolute atomic E-state index is 0.00168. The Morgan fingerprint density at radius 3 is 3.00 bits per heavy atom. The highest BCUT2D eigenvalue weighted by Gasteiger charge is 2.29. The molecule has 6 nitrogen and oxygen atoms in total. The Morgan fingerprint density at radius 2 is 2.27 bits per heavy atom. The highest BCUT2D eigenvalue weighted by Crippen LogP contribution is 2.26. The summed E-state index contributed by atoms with van der Waals surface area (Å²) >= 11 is 0. The summed E-state index contributed by atoms with van der Waals surface area (Å²) in [5, 5.41) is 0. The molecule has 1 amide bonds. The van der Waals surface area contributed by atoms with Crippen molar-refractivity contribution in [3.63, 3.8) is 0 Å². The number of rotatable bonds is 4. The lowest BCUT2D eigenvalue weighted by molar-refractivity contribution is 0.0767. The minimum Gasteiger partial charge on any atom is -0.485 e. The fourth-order valence-electron chi connectivity index (χ4n) is 2.63. The zero-order chi connectivity index (χ0) is 15.5. The zero-order valence-corrected chi connectivity index (χ0v) is 12.8. The van der Waals surface area contributed by atoms with Gasteiger partial charge in [-0.2, -0.15) is 0 Å². The van der Waals surface area contributed by atoms with E-state index < -0.39 is 0 Å². The summed E-state index contributed by atoms with van der Waals surface area (Å²) in [6.45, 7) is 1.31. The van der Waals surface area contributed by atoms with Gasteiger partial charge in [0.05, 0.1) is 6.54 Å². The highest BCUT2D eigenvalue weighted by molar-refractivity contribution is 5.92. The molecule has 0 aromatic carbocycles.